The van der Waals surface area contributed by atoms with Crippen LogP contribution in [0.3, 0.4) is 0 Å². The van der Waals surface area contributed by atoms with Crippen molar-refractivity contribution in [3.63, 3.8) is 0 Å². The lowest BCUT2D eigenvalue weighted by Gasteiger charge is -2.16. The molecule has 1 aliphatic rings. The van der Waals surface area contributed by atoms with Crippen LogP contribution in [0.5, 0.6) is 0 Å². The summed E-state index contributed by atoms with van der Waals surface area (Å²) >= 11 is 0. The molecule has 0 bridgehead atoms. The van der Waals surface area contributed by atoms with Gasteiger partial charge < -0.3 is 14.6 Å². The van der Waals surface area contributed by atoms with Crippen molar-refractivity contribution in [1.82, 2.24) is 5.16 Å². The molecule has 1 N–H and O–H groups in total. The molecule has 1 atom stereocenters. The number of para-hydroxylation sites is 1. The van der Waals surface area contributed by atoms with Gasteiger partial charge in [-0.1, -0.05) is 30.3 Å². The van der Waals surface area contributed by atoms with Crippen molar-refractivity contribution in [2.24, 2.45) is 0 Å². The van der Waals surface area contributed by atoms with Crippen LogP contribution >= 0.6 is 0 Å². The van der Waals surface area contributed by atoms with Gasteiger partial charge in [-0.15, -0.1) is 0 Å². The number of aromatic nitrogens is 1. The fourth-order valence-corrected chi connectivity index (χ4v) is 3.55. The molecule has 33 heavy (non-hydrogen) atoms. The zero-order valence-corrected chi connectivity index (χ0v) is 18.2. The van der Waals surface area contributed by atoms with Gasteiger partial charge in [0.1, 0.15) is 5.76 Å². The van der Waals surface area contributed by atoms with Crippen molar-refractivity contribution in [3.8, 4) is 0 Å². The molecule has 3 amide bonds. The van der Waals surface area contributed by atoms with Crippen molar-refractivity contribution in [1.29, 1.82) is 0 Å². The Balaban J connectivity index is 1.53. The number of nitrogens with one attached hydrogen (secondary N) is 1. The zero-order valence-electron chi connectivity index (χ0n) is 18.2. The van der Waals surface area contributed by atoms with E-state index in [1.165, 1.54) is 24.3 Å². The first-order valence-corrected chi connectivity index (χ1v) is 10.3. The van der Waals surface area contributed by atoms with Crippen LogP contribution in [0, 0.1) is 13.8 Å². The number of nitrogens with zero attached hydrogens (tertiary/aromatic N) is 2. The molecule has 0 saturated carbocycles. The Labute approximate surface area is 189 Å². The molecule has 2 aromatic carbocycles. The van der Waals surface area contributed by atoms with E-state index in [1.807, 2.05) is 6.07 Å². The van der Waals surface area contributed by atoms with Gasteiger partial charge in [0.25, 0.3) is 17.7 Å². The number of esters is 1. The molecular weight excluding hydrogens is 426 g/mol. The molecular formula is C24H21N3O6. The van der Waals surface area contributed by atoms with Crippen molar-refractivity contribution in [2.45, 2.75) is 33.3 Å². The average Bonchev–Trinajstić information content (AvgIpc) is 3.32. The Kier molecular flexibility index (Phi) is 5.78. The number of anilines is 2. The zero-order chi connectivity index (χ0) is 23.7. The first kappa shape index (κ1) is 21.9. The first-order chi connectivity index (χ1) is 15.8. The van der Waals surface area contributed by atoms with E-state index in [2.05, 4.69) is 10.5 Å². The molecule has 1 unspecified atom stereocenters. The lowest BCUT2D eigenvalue weighted by Crippen LogP contribution is -2.32. The van der Waals surface area contributed by atoms with Crippen LogP contribution in [0.25, 0.3) is 0 Å². The number of imide groups is 1. The van der Waals surface area contributed by atoms with Crippen molar-refractivity contribution in [2.75, 3.05) is 10.2 Å². The molecule has 168 valence electrons. The van der Waals surface area contributed by atoms with Gasteiger partial charge in [-0.05, 0) is 50.1 Å². The summed E-state index contributed by atoms with van der Waals surface area (Å²) in [6.07, 6.45) is -0.860. The monoisotopic (exact) mass is 447 g/mol. The third kappa shape index (κ3) is 4.12. The highest BCUT2D eigenvalue weighted by molar-refractivity contribution is 6.35. The van der Waals surface area contributed by atoms with Crippen LogP contribution in [0.4, 0.5) is 11.5 Å². The van der Waals surface area contributed by atoms with Crippen molar-refractivity contribution < 1.29 is 28.4 Å². The summed E-state index contributed by atoms with van der Waals surface area (Å²) in [6.45, 7) is 5.18. The smallest absolute Gasteiger partial charge is 0.338 e. The van der Waals surface area contributed by atoms with Gasteiger partial charge in [0.05, 0.1) is 22.4 Å². The van der Waals surface area contributed by atoms with E-state index >= 15 is 0 Å². The van der Waals surface area contributed by atoms with Gasteiger partial charge in [0.2, 0.25) is 0 Å². The molecule has 9 heteroatoms. The lowest BCUT2D eigenvalue weighted by molar-refractivity contribution is -0.124. The van der Waals surface area contributed by atoms with Gasteiger partial charge in [-0.25, -0.2) is 9.69 Å². The lowest BCUT2D eigenvalue weighted by atomic mass is 10.1. The van der Waals surface area contributed by atoms with E-state index in [-0.39, 0.29) is 28.9 Å². The van der Waals surface area contributed by atoms with Crippen LogP contribution in [0.15, 0.2) is 53.1 Å². The maximum atomic E-state index is 13.0. The molecule has 4 rings (SSSR count). The first-order valence-electron chi connectivity index (χ1n) is 10.3. The SMILES string of the molecule is CCC(OC(=O)c1ccc2c(c1)C(=O)N(c1ccccc1C)C2=O)C(=O)Nc1cc(C)on1. The summed E-state index contributed by atoms with van der Waals surface area (Å²) in [5, 5.41) is 6.21. The number of aryl methyl sites for hydroxylation is 2. The molecule has 0 aliphatic carbocycles. The van der Waals surface area contributed by atoms with Gasteiger partial charge in [0, 0.05) is 6.07 Å². The van der Waals surface area contributed by atoms with Crippen LogP contribution in [0.2, 0.25) is 0 Å². The molecule has 3 aromatic rings. The Morgan fingerprint density at radius 2 is 1.79 bits per heavy atom. The van der Waals surface area contributed by atoms with Crippen LogP contribution < -0.4 is 10.2 Å². The summed E-state index contributed by atoms with van der Waals surface area (Å²) < 4.78 is 10.3. The molecule has 1 aliphatic heterocycles. The number of amides is 3. The third-order valence-electron chi connectivity index (χ3n) is 5.27. The van der Waals surface area contributed by atoms with E-state index in [1.54, 1.807) is 39.0 Å². The summed E-state index contributed by atoms with van der Waals surface area (Å²) in [4.78, 5) is 52.1. The molecule has 0 saturated heterocycles. The standard InChI is InChI=1S/C24H21N3O6/c1-4-19(21(28)25-20-11-14(3)33-26-20)32-24(31)15-9-10-16-17(12-15)23(30)27(22(16)29)18-8-6-5-7-13(18)2/h5-12,19H,4H2,1-3H3,(H,25,26,28). The minimum absolute atomic E-state index is 0.0602. The molecule has 0 fully saturated rings. The Hall–Kier alpha value is -4.27. The predicted molar refractivity (Wildman–Crippen MR) is 118 cm³/mol. The van der Waals surface area contributed by atoms with E-state index in [0.717, 1.165) is 10.5 Å². The molecule has 9 nitrogen and oxygen atoms in total. The fraction of sp³-hybridized carbons (Fsp3) is 0.208. The minimum atomic E-state index is -1.08. The van der Waals surface area contributed by atoms with E-state index < -0.39 is 29.8 Å². The highest BCUT2D eigenvalue weighted by Crippen LogP contribution is 2.31. The third-order valence-corrected chi connectivity index (χ3v) is 5.27. The number of hydrogen-bond acceptors (Lipinski definition) is 7. The minimum Gasteiger partial charge on any atom is -0.449 e. The summed E-state index contributed by atoms with van der Waals surface area (Å²) in [7, 11) is 0. The normalized spacial score (nSPS) is 13.6. The van der Waals surface area contributed by atoms with Gasteiger partial charge in [-0.2, -0.15) is 0 Å². The number of carbonyl (C=O) groups excluding carboxylic acids is 4. The Morgan fingerprint density at radius 1 is 1.06 bits per heavy atom. The quantitative estimate of drug-likeness (QED) is 0.452. The molecule has 0 spiro atoms. The number of carbonyl (C=O) groups is 4. The fourth-order valence-electron chi connectivity index (χ4n) is 3.55. The number of ether oxygens (including phenoxy) is 1. The number of rotatable bonds is 6. The van der Waals surface area contributed by atoms with E-state index in [9.17, 15) is 19.2 Å². The van der Waals surface area contributed by atoms with Gasteiger partial charge in [-0.3, -0.25) is 14.4 Å². The molecule has 1 aromatic heterocycles. The number of benzene rings is 2. The van der Waals surface area contributed by atoms with E-state index in [0.29, 0.717) is 11.4 Å². The van der Waals surface area contributed by atoms with Gasteiger partial charge in [0.15, 0.2) is 11.9 Å². The van der Waals surface area contributed by atoms with Crippen LogP contribution in [-0.4, -0.2) is 35.0 Å². The highest BCUT2D eigenvalue weighted by atomic mass is 16.5. The van der Waals surface area contributed by atoms with E-state index in [4.69, 9.17) is 9.26 Å². The second kappa shape index (κ2) is 8.70. The largest absolute Gasteiger partial charge is 0.449 e. The predicted octanol–water partition coefficient (Wildman–Crippen LogP) is 3.67. The summed E-state index contributed by atoms with van der Waals surface area (Å²) in [6, 6.07) is 12.7. The number of hydrogen-bond donors (Lipinski definition) is 1. The average molecular weight is 447 g/mol. The highest BCUT2D eigenvalue weighted by Gasteiger charge is 2.38. The summed E-state index contributed by atoms with van der Waals surface area (Å²) in [5.41, 5.74) is 1.62. The van der Waals surface area contributed by atoms with Crippen LogP contribution in [-0.2, 0) is 9.53 Å². The van der Waals surface area contributed by atoms with Crippen molar-refractivity contribution >= 4 is 35.2 Å². The Morgan fingerprint density at radius 3 is 2.45 bits per heavy atom. The number of fused-ring (bicyclic) bond motifs is 1. The van der Waals surface area contributed by atoms with Crippen LogP contribution in [0.1, 0.15) is 55.7 Å². The van der Waals surface area contributed by atoms with Crippen molar-refractivity contribution in [3.05, 3.63) is 76.5 Å². The topological polar surface area (TPSA) is 119 Å². The Bertz CT molecular complexity index is 1280. The molecule has 2 heterocycles. The molecule has 0 radical (unpaired) electrons. The second-order valence-corrected chi connectivity index (χ2v) is 7.61. The maximum Gasteiger partial charge on any atom is 0.338 e. The summed E-state index contributed by atoms with van der Waals surface area (Å²) in [5.74, 6) is -1.59. The van der Waals surface area contributed by atoms with Gasteiger partial charge >= 0.3 is 5.97 Å². The second-order valence-electron chi connectivity index (χ2n) is 7.61. The maximum absolute atomic E-state index is 13.0.